The Bertz CT molecular complexity index is 1400. The maximum Gasteiger partial charge on any atom is 0.348 e. The minimum absolute atomic E-state index is 0.00590. The summed E-state index contributed by atoms with van der Waals surface area (Å²) in [5, 5.41) is 11.7. The van der Waals surface area contributed by atoms with Crippen molar-refractivity contribution in [2.45, 2.75) is 0 Å². The second-order valence-corrected chi connectivity index (χ2v) is 5.52. The average Bonchev–Trinajstić information content (AvgIpc) is 2.91. The van der Waals surface area contributed by atoms with E-state index < -0.39 is 11.3 Å². The van der Waals surface area contributed by atoms with Crippen LogP contribution < -0.4 is 11.3 Å². The lowest BCUT2D eigenvalue weighted by Gasteiger charge is -1.98. The van der Waals surface area contributed by atoms with Gasteiger partial charge in [0.05, 0.1) is 5.39 Å². The Kier molecular flexibility index (Phi) is 2.30. The Hall–Kier alpha value is -3.54. The molecule has 116 valence electrons. The van der Waals surface area contributed by atoms with E-state index >= 15 is 0 Å². The predicted octanol–water partition coefficient (Wildman–Crippen LogP) is 3.50. The van der Waals surface area contributed by atoms with Crippen molar-refractivity contribution in [3.63, 3.8) is 0 Å². The van der Waals surface area contributed by atoms with E-state index in [-0.39, 0.29) is 11.3 Å². The highest BCUT2D eigenvalue weighted by molar-refractivity contribution is 6.15. The number of hydrogen-bond donors (Lipinski definition) is 1. The van der Waals surface area contributed by atoms with Crippen LogP contribution in [0, 0.1) is 0 Å². The number of phenolic OH excluding ortho intramolecular Hbond substituents is 1. The summed E-state index contributed by atoms with van der Waals surface area (Å²) in [6, 6.07) is 10.7. The van der Waals surface area contributed by atoms with Gasteiger partial charge in [0.25, 0.3) is 0 Å². The zero-order valence-corrected chi connectivity index (χ0v) is 12.0. The molecule has 0 aliphatic heterocycles. The Morgan fingerprint density at radius 3 is 2.46 bits per heavy atom. The fraction of sp³-hybridized carbons (Fsp3) is 0. The van der Waals surface area contributed by atoms with Gasteiger partial charge in [0, 0.05) is 29.0 Å². The van der Waals surface area contributed by atoms with E-state index in [1.54, 1.807) is 24.3 Å². The van der Waals surface area contributed by atoms with Crippen LogP contribution >= 0.6 is 0 Å². The first-order chi connectivity index (χ1) is 11.6. The molecule has 0 unspecified atom stereocenters. The van der Waals surface area contributed by atoms with Gasteiger partial charge in [-0.05, 0) is 24.3 Å². The van der Waals surface area contributed by atoms with E-state index in [0.717, 1.165) is 0 Å². The quantitative estimate of drug-likeness (QED) is 0.439. The third-order valence-corrected chi connectivity index (χ3v) is 4.05. The minimum Gasteiger partial charge on any atom is -0.508 e. The van der Waals surface area contributed by atoms with Crippen molar-refractivity contribution in [1.82, 2.24) is 0 Å². The number of benzene rings is 2. The molecular weight excluding hydrogens is 312 g/mol. The van der Waals surface area contributed by atoms with Crippen molar-refractivity contribution < 1.29 is 18.4 Å². The summed E-state index contributed by atoms with van der Waals surface area (Å²) < 4.78 is 16.3. The zero-order valence-electron chi connectivity index (χ0n) is 12.0. The molecule has 6 heteroatoms. The van der Waals surface area contributed by atoms with Crippen LogP contribution in [0.5, 0.6) is 5.75 Å². The minimum atomic E-state index is -0.557. The summed E-state index contributed by atoms with van der Waals surface area (Å²) in [6.45, 7) is 0. The highest BCUT2D eigenvalue weighted by Gasteiger charge is 2.17. The molecule has 2 aromatic carbocycles. The highest BCUT2D eigenvalue weighted by atomic mass is 16.4. The van der Waals surface area contributed by atoms with Gasteiger partial charge in [-0.3, -0.25) is 0 Å². The largest absolute Gasteiger partial charge is 0.508 e. The van der Waals surface area contributed by atoms with Crippen LogP contribution in [0.4, 0.5) is 0 Å². The second-order valence-electron chi connectivity index (χ2n) is 5.52. The van der Waals surface area contributed by atoms with E-state index in [4.69, 9.17) is 13.3 Å². The van der Waals surface area contributed by atoms with E-state index in [2.05, 4.69) is 0 Å². The molecule has 0 aliphatic carbocycles. The molecular formula is C18H8O6. The van der Waals surface area contributed by atoms with E-state index in [9.17, 15) is 14.7 Å². The summed E-state index contributed by atoms with van der Waals surface area (Å²) in [7, 11) is 0. The molecule has 0 saturated carbocycles. The number of furan rings is 1. The molecule has 5 aromatic rings. The van der Waals surface area contributed by atoms with Gasteiger partial charge in [0.15, 0.2) is 5.58 Å². The van der Waals surface area contributed by atoms with Gasteiger partial charge in [-0.25, -0.2) is 9.59 Å². The molecule has 0 aliphatic rings. The van der Waals surface area contributed by atoms with Crippen LogP contribution in [0.15, 0.2) is 65.3 Å². The molecule has 0 radical (unpaired) electrons. The fourth-order valence-electron chi connectivity index (χ4n) is 2.99. The molecule has 0 bridgehead atoms. The molecule has 0 amide bonds. The maximum absolute atomic E-state index is 12.4. The lowest BCUT2D eigenvalue weighted by Crippen LogP contribution is -1.98. The summed E-state index contributed by atoms with van der Waals surface area (Å²) >= 11 is 0. The first kappa shape index (κ1) is 13.0. The number of hydrogen-bond acceptors (Lipinski definition) is 6. The van der Waals surface area contributed by atoms with Crippen LogP contribution in [-0.4, -0.2) is 5.11 Å². The van der Waals surface area contributed by atoms with E-state index in [0.29, 0.717) is 38.3 Å². The van der Waals surface area contributed by atoms with Crippen LogP contribution in [0.2, 0.25) is 0 Å². The Labute approximate surface area is 132 Å². The zero-order chi connectivity index (χ0) is 16.4. The summed E-state index contributed by atoms with van der Waals surface area (Å²) in [5.74, 6) is -0.00590. The van der Waals surface area contributed by atoms with Crippen molar-refractivity contribution in [3.8, 4) is 5.75 Å². The van der Waals surface area contributed by atoms with E-state index in [1.165, 1.54) is 18.2 Å². The smallest absolute Gasteiger partial charge is 0.348 e. The van der Waals surface area contributed by atoms with Crippen molar-refractivity contribution >= 4 is 43.9 Å². The highest BCUT2D eigenvalue weighted by Crippen LogP contribution is 2.34. The average molecular weight is 320 g/mol. The summed E-state index contributed by atoms with van der Waals surface area (Å²) in [5.41, 5.74) is 0.383. The van der Waals surface area contributed by atoms with Gasteiger partial charge in [0.1, 0.15) is 27.9 Å². The summed E-state index contributed by atoms with van der Waals surface area (Å²) in [4.78, 5) is 23.8. The Morgan fingerprint density at radius 1 is 0.750 bits per heavy atom. The second kappa shape index (κ2) is 4.26. The molecule has 0 spiro atoms. The maximum atomic E-state index is 12.4. The molecule has 5 rings (SSSR count). The molecule has 0 fully saturated rings. The van der Waals surface area contributed by atoms with Gasteiger partial charge >= 0.3 is 11.3 Å². The molecule has 24 heavy (non-hydrogen) atoms. The molecule has 0 atom stereocenters. The Balaban J connectivity index is 2.05. The lowest BCUT2D eigenvalue weighted by molar-refractivity contribution is 0.473. The topological polar surface area (TPSA) is 93.8 Å². The monoisotopic (exact) mass is 320 g/mol. The number of rotatable bonds is 0. The van der Waals surface area contributed by atoms with Crippen LogP contribution in [0.1, 0.15) is 0 Å². The molecule has 1 N–H and O–H groups in total. The van der Waals surface area contributed by atoms with Gasteiger partial charge in [-0.1, -0.05) is 0 Å². The molecule has 3 heterocycles. The fourth-order valence-corrected chi connectivity index (χ4v) is 2.99. The van der Waals surface area contributed by atoms with Gasteiger partial charge in [-0.15, -0.1) is 0 Å². The first-order valence-corrected chi connectivity index (χ1v) is 7.16. The van der Waals surface area contributed by atoms with Crippen molar-refractivity contribution in [2.75, 3.05) is 0 Å². The molecule has 0 saturated heterocycles. The summed E-state index contributed by atoms with van der Waals surface area (Å²) in [6.07, 6.45) is 0. The number of aromatic hydroxyl groups is 1. The van der Waals surface area contributed by atoms with Crippen molar-refractivity contribution in [3.05, 3.63) is 63.3 Å². The molecule has 6 nitrogen and oxygen atoms in total. The van der Waals surface area contributed by atoms with Gasteiger partial charge in [-0.2, -0.15) is 0 Å². The van der Waals surface area contributed by atoms with Crippen LogP contribution in [0.25, 0.3) is 43.9 Å². The van der Waals surface area contributed by atoms with E-state index in [1.807, 2.05) is 0 Å². The third-order valence-electron chi connectivity index (χ3n) is 4.05. The Morgan fingerprint density at radius 2 is 1.58 bits per heavy atom. The van der Waals surface area contributed by atoms with Gasteiger partial charge < -0.3 is 18.4 Å². The first-order valence-electron chi connectivity index (χ1n) is 7.16. The van der Waals surface area contributed by atoms with Crippen molar-refractivity contribution in [2.24, 2.45) is 0 Å². The lowest BCUT2D eigenvalue weighted by atomic mass is 10.1. The van der Waals surface area contributed by atoms with Crippen molar-refractivity contribution in [1.29, 1.82) is 0 Å². The number of phenols is 1. The predicted molar refractivity (Wildman–Crippen MR) is 87.5 cm³/mol. The van der Waals surface area contributed by atoms with Gasteiger partial charge in [0.2, 0.25) is 0 Å². The standard InChI is InChI=1S/C18H8O6/c19-9-2-3-10-13(6-9)24-18(21)16-11-5-8-1-4-15(20)22-12(8)7-14(11)23-17(10)16/h1-7,19H. The van der Waals surface area contributed by atoms with Crippen LogP contribution in [-0.2, 0) is 0 Å². The third kappa shape index (κ3) is 1.65. The molecule has 3 aromatic heterocycles. The number of fused-ring (bicyclic) bond motifs is 6. The van der Waals surface area contributed by atoms with Crippen LogP contribution in [0.3, 0.4) is 0 Å². The normalized spacial score (nSPS) is 11.8. The SMILES string of the molecule is O=c1ccc2cc3c(cc2o1)oc1c2ccc(O)cc2oc(=O)c31.